The zero-order chi connectivity index (χ0) is 15.8. The van der Waals surface area contributed by atoms with E-state index in [4.69, 9.17) is 4.74 Å². The van der Waals surface area contributed by atoms with Gasteiger partial charge in [0.2, 0.25) is 0 Å². The molecule has 4 nitrogen and oxygen atoms in total. The van der Waals surface area contributed by atoms with E-state index < -0.39 is 0 Å². The number of rotatable bonds is 5. The smallest absolute Gasteiger partial charge is 0.142 e. The summed E-state index contributed by atoms with van der Waals surface area (Å²) in [5, 5.41) is 4.55. The maximum Gasteiger partial charge on any atom is 0.142 e. The SMILES string of the molecule is Cc1sc2ncnc(Nc3ccccc3OCC3CC3)c2c1C. The van der Waals surface area contributed by atoms with Crippen LogP contribution in [0.5, 0.6) is 5.75 Å². The molecule has 1 N–H and O–H groups in total. The Morgan fingerprint density at radius 3 is 2.87 bits per heavy atom. The molecule has 4 rings (SSSR count). The first-order valence-corrected chi connectivity index (χ1v) is 8.73. The largest absolute Gasteiger partial charge is 0.491 e. The van der Waals surface area contributed by atoms with E-state index in [2.05, 4.69) is 29.1 Å². The minimum absolute atomic E-state index is 0.732. The molecule has 1 aliphatic rings. The summed E-state index contributed by atoms with van der Waals surface area (Å²) in [6, 6.07) is 8.05. The van der Waals surface area contributed by atoms with Gasteiger partial charge in [0, 0.05) is 4.88 Å². The molecule has 1 aliphatic carbocycles. The Kier molecular flexibility index (Phi) is 3.65. The van der Waals surface area contributed by atoms with Crippen LogP contribution in [0.2, 0.25) is 0 Å². The zero-order valence-corrected chi connectivity index (χ0v) is 14.1. The highest BCUT2D eigenvalue weighted by atomic mass is 32.1. The molecule has 0 aliphatic heterocycles. The number of ether oxygens (including phenoxy) is 1. The fourth-order valence-electron chi connectivity index (χ4n) is 2.59. The van der Waals surface area contributed by atoms with Crippen molar-refractivity contribution < 1.29 is 4.74 Å². The van der Waals surface area contributed by atoms with Crippen LogP contribution in [-0.4, -0.2) is 16.6 Å². The Balaban J connectivity index is 1.68. The lowest BCUT2D eigenvalue weighted by Crippen LogP contribution is -2.03. The summed E-state index contributed by atoms with van der Waals surface area (Å²) >= 11 is 1.71. The highest BCUT2D eigenvalue weighted by molar-refractivity contribution is 7.18. The van der Waals surface area contributed by atoms with E-state index in [0.717, 1.165) is 40.0 Å². The standard InChI is InChI=1S/C18H19N3OS/c1-11-12(2)23-18-16(11)17(19-10-20-18)21-14-5-3-4-6-15(14)22-9-13-7-8-13/h3-6,10,13H,7-9H2,1-2H3,(H,19,20,21). The normalized spacial score (nSPS) is 14.2. The summed E-state index contributed by atoms with van der Waals surface area (Å²) in [5.74, 6) is 2.46. The molecule has 0 radical (unpaired) electrons. The number of nitrogens with one attached hydrogen (secondary N) is 1. The number of aromatic nitrogens is 2. The van der Waals surface area contributed by atoms with E-state index in [1.807, 2.05) is 24.3 Å². The molecule has 0 saturated heterocycles. The molecular formula is C18H19N3OS. The fraction of sp³-hybridized carbons (Fsp3) is 0.333. The monoisotopic (exact) mass is 325 g/mol. The van der Waals surface area contributed by atoms with Crippen LogP contribution >= 0.6 is 11.3 Å². The number of anilines is 2. The minimum atomic E-state index is 0.732. The average Bonchev–Trinajstić information content (AvgIpc) is 3.33. The molecule has 5 heteroatoms. The molecule has 3 aromatic rings. The minimum Gasteiger partial charge on any atom is -0.491 e. The number of thiophene rings is 1. The molecular weight excluding hydrogens is 306 g/mol. The molecule has 0 spiro atoms. The molecule has 0 atom stereocenters. The van der Waals surface area contributed by atoms with E-state index in [0.29, 0.717) is 0 Å². The van der Waals surface area contributed by atoms with Gasteiger partial charge < -0.3 is 10.1 Å². The van der Waals surface area contributed by atoms with E-state index in [1.165, 1.54) is 23.3 Å². The lowest BCUT2D eigenvalue weighted by atomic mass is 10.2. The Bertz CT molecular complexity index is 855. The first-order chi connectivity index (χ1) is 11.2. The van der Waals surface area contributed by atoms with Crippen LogP contribution in [0.4, 0.5) is 11.5 Å². The first-order valence-electron chi connectivity index (χ1n) is 7.92. The van der Waals surface area contributed by atoms with Gasteiger partial charge in [-0.3, -0.25) is 0 Å². The summed E-state index contributed by atoms with van der Waals surface area (Å²) in [4.78, 5) is 11.1. The maximum absolute atomic E-state index is 5.98. The molecule has 2 heterocycles. The van der Waals surface area contributed by atoms with Crippen molar-refractivity contribution in [3.05, 3.63) is 41.0 Å². The molecule has 0 amide bonds. The zero-order valence-electron chi connectivity index (χ0n) is 13.3. The van der Waals surface area contributed by atoms with E-state index in [9.17, 15) is 0 Å². The molecule has 2 aromatic heterocycles. The van der Waals surface area contributed by atoms with Crippen LogP contribution in [-0.2, 0) is 0 Å². The number of hydrogen-bond donors (Lipinski definition) is 1. The van der Waals surface area contributed by atoms with Gasteiger partial charge in [-0.2, -0.15) is 0 Å². The Morgan fingerprint density at radius 2 is 2.04 bits per heavy atom. The van der Waals surface area contributed by atoms with Gasteiger partial charge in [-0.05, 0) is 50.3 Å². The second kappa shape index (κ2) is 5.81. The van der Waals surface area contributed by atoms with Gasteiger partial charge in [0.25, 0.3) is 0 Å². The van der Waals surface area contributed by atoms with E-state index in [1.54, 1.807) is 17.7 Å². The van der Waals surface area contributed by atoms with Crippen molar-refractivity contribution in [1.29, 1.82) is 0 Å². The van der Waals surface area contributed by atoms with Gasteiger partial charge in [0.15, 0.2) is 0 Å². The number of fused-ring (bicyclic) bond motifs is 1. The van der Waals surface area contributed by atoms with Gasteiger partial charge in [0.1, 0.15) is 22.7 Å². The van der Waals surface area contributed by atoms with Crippen LogP contribution in [0, 0.1) is 19.8 Å². The lowest BCUT2D eigenvalue weighted by molar-refractivity contribution is 0.301. The van der Waals surface area contributed by atoms with Crippen molar-refractivity contribution in [3.8, 4) is 5.75 Å². The molecule has 0 bridgehead atoms. The van der Waals surface area contributed by atoms with E-state index in [-0.39, 0.29) is 0 Å². The number of para-hydroxylation sites is 2. The van der Waals surface area contributed by atoms with Crippen LogP contribution in [0.25, 0.3) is 10.2 Å². The van der Waals surface area contributed by atoms with E-state index >= 15 is 0 Å². The predicted octanol–water partition coefficient (Wildman–Crippen LogP) is 4.84. The van der Waals surface area contributed by atoms with Crippen LogP contribution in [0.1, 0.15) is 23.3 Å². The Morgan fingerprint density at radius 1 is 1.22 bits per heavy atom. The summed E-state index contributed by atoms with van der Waals surface area (Å²) in [6.07, 6.45) is 4.19. The van der Waals surface area contributed by atoms with Crippen molar-refractivity contribution in [2.75, 3.05) is 11.9 Å². The Hall–Kier alpha value is -2.14. The second-order valence-corrected chi connectivity index (χ2v) is 7.26. The maximum atomic E-state index is 5.98. The first kappa shape index (κ1) is 14.5. The molecule has 23 heavy (non-hydrogen) atoms. The van der Waals surface area contributed by atoms with Gasteiger partial charge in [0.05, 0.1) is 17.7 Å². The van der Waals surface area contributed by atoms with Crippen molar-refractivity contribution in [2.45, 2.75) is 26.7 Å². The average molecular weight is 325 g/mol. The third-order valence-electron chi connectivity index (χ3n) is 4.28. The van der Waals surface area contributed by atoms with Crippen LogP contribution in [0.3, 0.4) is 0 Å². The number of nitrogens with zero attached hydrogens (tertiary/aromatic N) is 2. The number of aryl methyl sites for hydroxylation is 2. The third-order valence-corrected chi connectivity index (χ3v) is 5.39. The van der Waals surface area contributed by atoms with Gasteiger partial charge in [-0.15, -0.1) is 11.3 Å². The van der Waals surface area contributed by atoms with Gasteiger partial charge >= 0.3 is 0 Å². The molecule has 1 saturated carbocycles. The van der Waals surface area contributed by atoms with Crippen molar-refractivity contribution in [1.82, 2.24) is 9.97 Å². The van der Waals surface area contributed by atoms with Gasteiger partial charge in [-0.25, -0.2) is 9.97 Å². The fourth-order valence-corrected chi connectivity index (χ4v) is 3.59. The number of hydrogen-bond acceptors (Lipinski definition) is 5. The highest BCUT2D eigenvalue weighted by Crippen LogP contribution is 2.36. The van der Waals surface area contributed by atoms with Crippen LogP contribution < -0.4 is 10.1 Å². The quantitative estimate of drug-likeness (QED) is 0.729. The van der Waals surface area contributed by atoms with Gasteiger partial charge in [-0.1, -0.05) is 12.1 Å². The predicted molar refractivity (Wildman–Crippen MR) is 94.8 cm³/mol. The molecule has 1 aromatic carbocycles. The summed E-state index contributed by atoms with van der Waals surface area (Å²) in [6.45, 7) is 5.05. The topological polar surface area (TPSA) is 47.0 Å². The van der Waals surface area contributed by atoms with Crippen LogP contribution in [0.15, 0.2) is 30.6 Å². The molecule has 0 unspecified atom stereocenters. The summed E-state index contributed by atoms with van der Waals surface area (Å²) < 4.78 is 5.98. The summed E-state index contributed by atoms with van der Waals surface area (Å²) in [7, 11) is 0. The molecule has 1 fully saturated rings. The van der Waals surface area contributed by atoms with Crippen molar-refractivity contribution in [3.63, 3.8) is 0 Å². The van der Waals surface area contributed by atoms with Crippen molar-refractivity contribution in [2.24, 2.45) is 5.92 Å². The second-order valence-electron chi connectivity index (χ2n) is 6.06. The highest BCUT2D eigenvalue weighted by Gasteiger charge is 2.22. The lowest BCUT2D eigenvalue weighted by Gasteiger charge is -2.13. The molecule has 118 valence electrons. The number of benzene rings is 1. The third kappa shape index (κ3) is 2.88. The van der Waals surface area contributed by atoms with Crippen molar-refractivity contribution >= 4 is 33.1 Å². The summed E-state index contributed by atoms with van der Waals surface area (Å²) in [5.41, 5.74) is 2.20. The Labute approximate surface area is 139 Å².